The summed E-state index contributed by atoms with van der Waals surface area (Å²) in [6.45, 7) is 5.67. The van der Waals surface area contributed by atoms with Crippen molar-refractivity contribution < 1.29 is 14.3 Å². The fraction of sp³-hybridized carbons (Fsp3) is 0.250. The first-order valence-corrected chi connectivity index (χ1v) is 6.75. The van der Waals surface area contributed by atoms with Gasteiger partial charge in [-0.15, -0.1) is 0 Å². The Labute approximate surface area is 122 Å². The first kappa shape index (κ1) is 15.0. The minimum atomic E-state index is -0.127. The highest BCUT2D eigenvalue weighted by Crippen LogP contribution is 2.25. The highest BCUT2D eigenvalue weighted by atomic mass is 16.5. The van der Waals surface area contributed by atoms with Crippen molar-refractivity contribution in [3.63, 3.8) is 0 Å². The molecule has 0 aromatic heterocycles. The van der Waals surface area contributed by atoms with Gasteiger partial charge in [0.15, 0.2) is 16.8 Å². The Hall–Kier alpha value is -2.40. The first-order valence-electron chi connectivity index (χ1n) is 6.75. The monoisotopic (exact) mass is 287 g/mol. The third-order valence-electron chi connectivity index (χ3n) is 2.74. The van der Waals surface area contributed by atoms with E-state index in [1.807, 2.05) is 13.8 Å². The number of hydrogen-bond donors (Lipinski definition) is 1. The summed E-state index contributed by atoms with van der Waals surface area (Å²) < 4.78 is 10.3. The lowest BCUT2D eigenvalue weighted by Crippen LogP contribution is -1.99. The molecule has 3 rings (SSSR count). The molecule has 0 saturated carbocycles. The summed E-state index contributed by atoms with van der Waals surface area (Å²) in [5, 5.41) is 9.31. The number of phenols is 1. The van der Waals surface area contributed by atoms with E-state index in [9.17, 15) is 9.90 Å². The van der Waals surface area contributed by atoms with E-state index in [-0.39, 0.29) is 11.2 Å². The summed E-state index contributed by atoms with van der Waals surface area (Å²) in [4.78, 5) is 15.5. The van der Waals surface area contributed by atoms with Crippen LogP contribution in [-0.2, 0) is 4.74 Å². The van der Waals surface area contributed by atoms with Gasteiger partial charge in [-0.1, -0.05) is 0 Å². The van der Waals surface area contributed by atoms with Gasteiger partial charge in [-0.05, 0) is 38.1 Å². The van der Waals surface area contributed by atoms with Gasteiger partial charge < -0.3 is 14.3 Å². The van der Waals surface area contributed by atoms with Gasteiger partial charge in [0.2, 0.25) is 0 Å². The van der Waals surface area contributed by atoms with E-state index < -0.39 is 0 Å². The fourth-order valence-corrected chi connectivity index (χ4v) is 1.80. The number of phenolic OH excluding ortho intramolecular Hbond substituents is 1. The molecule has 0 radical (unpaired) electrons. The highest BCUT2D eigenvalue weighted by Gasteiger charge is 2.09. The van der Waals surface area contributed by atoms with Gasteiger partial charge in [0.25, 0.3) is 0 Å². The van der Waals surface area contributed by atoms with E-state index >= 15 is 0 Å². The molecule has 110 valence electrons. The summed E-state index contributed by atoms with van der Waals surface area (Å²) in [5.74, 6) is 0.529. The van der Waals surface area contributed by atoms with Crippen LogP contribution in [0.5, 0.6) is 5.75 Å². The van der Waals surface area contributed by atoms with Crippen LogP contribution in [0.4, 0.5) is 0 Å². The van der Waals surface area contributed by atoms with Crippen molar-refractivity contribution >= 4 is 11.1 Å². The predicted octanol–water partition coefficient (Wildman–Crippen LogP) is 3.04. The predicted molar refractivity (Wildman–Crippen MR) is 80.7 cm³/mol. The lowest BCUT2D eigenvalue weighted by molar-refractivity contribution is 0.162. The largest absolute Gasteiger partial charge is 0.508 e. The summed E-state index contributed by atoms with van der Waals surface area (Å²) in [5.41, 5.74) is 1.59. The number of fused-ring (bicyclic) bond motifs is 2. The molecular formula is C16H17NO4. The molecule has 0 spiro atoms. The van der Waals surface area contributed by atoms with Crippen molar-refractivity contribution in [2.24, 2.45) is 0 Å². The van der Waals surface area contributed by atoms with Crippen molar-refractivity contribution in [2.75, 3.05) is 13.2 Å². The van der Waals surface area contributed by atoms with Crippen LogP contribution in [0.2, 0.25) is 0 Å². The molecule has 1 aliphatic carbocycles. The summed E-state index contributed by atoms with van der Waals surface area (Å²) in [6, 6.07) is 9.12. The van der Waals surface area contributed by atoms with Gasteiger partial charge in [0.05, 0.1) is 0 Å². The van der Waals surface area contributed by atoms with Crippen molar-refractivity contribution in [1.29, 1.82) is 0 Å². The molecule has 0 fully saturated rings. The number of rotatable bonds is 2. The average Bonchev–Trinajstić information content (AvgIpc) is 2.46. The van der Waals surface area contributed by atoms with Crippen molar-refractivity contribution in [2.45, 2.75) is 13.8 Å². The summed E-state index contributed by atoms with van der Waals surface area (Å²) in [7, 11) is 0. The Morgan fingerprint density at radius 2 is 1.90 bits per heavy atom. The average molecular weight is 287 g/mol. The number of aromatic nitrogens is 1. The highest BCUT2D eigenvalue weighted by molar-refractivity contribution is 5.77. The molecule has 0 atom stereocenters. The zero-order valence-corrected chi connectivity index (χ0v) is 12.0. The quantitative estimate of drug-likeness (QED) is 0.733. The molecule has 2 aliphatic rings. The van der Waals surface area contributed by atoms with Gasteiger partial charge in [-0.25, -0.2) is 4.98 Å². The number of aromatic hydroxyl groups is 1. The Morgan fingerprint density at radius 1 is 1.14 bits per heavy atom. The summed E-state index contributed by atoms with van der Waals surface area (Å²) in [6.07, 6.45) is 0. The van der Waals surface area contributed by atoms with E-state index in [4.69, 9.17) is 9.15 Å². The zero-order valence-electron chi connectivity index (χ0n) is 12.0. The number of hydrogen-bond acceptors (Lipinski definition) is 5. The Balaban J connectivity index is 0.000000282. The molecule has 5 nitrogen and oxygen atoms in total. The molecule has 21 heavy (non-hydrogen) atoms. The van der Waals surface area contributed by atoms with E-state index in [0.717, 1.165) is 13.2 Å². The second-order valence-electron chi connectivity index (χ2n) is 4.28. The van der Waals surface area contributed by atoms with Crippen LogP contribution in [0.1, 0.15) is 13.8 Å². The van der Waals surface area contributed by atoms with Crippen LogP contribution in [0.15, 0.2) is 45.6 Å². The molecule has 1 aliphatic heterocycles. The minimum absolute atomic E-state index is 0.107. The van der Waals surface area contributed by atoms with Crippen molar-refractivity contribution in [1.82, 2.24) is 4.98 Å². The second kappa shape index (κ2) is 6.85. The van der Waals surface area contributed by atoms with Gasteiger partial charge in [0, 0.05) is 25.3 Å². The SMILES string of the molecule is CCOCC.O=c1ccc2nc3ccc(O)cc3oc-2c1. The third kappa shape index (κ3) is 3.79. The Kier molecular flexibility index (Phi) is 4.90. The minimum Gasteiger partial charge on any atom is -0.508 e. The molecule has 0 saturated heterocycles. The molecule has 1 N–H and O–H groups in total. The topological polar surface area (TPSA) is 72.6 Å². The number of nitrogens with zero attached hydrogens (tertiary/aromatic N) is 1. The third-order valence-corrected chi connectivity index (χ3v) is 2.74. The van der Waals surface area contributed by atoms with E-state index in [1.165, 1.54) is 18.2 Å². The van der Waals surface area contributed by atoms with E-state index in [0.29, 0.717) is 22.6 Å². The van der Waals surface area contributed by atoms with Gasteiger partial charge >= 0.3 is 0 Å². The van der Waals surface area contributed by atoms with Crippen LogP contribution in [-0.4, -0.2) is 23.3 Å². The van der Waals surface area contributed by atoms with E-state index in [1.54, 1.807) is 18.2 Å². The molecule has 1 heterocycles. The van der Waals surface area contributed by atoms with Crippen LogP contribution >= 0.6 is 0 Å². The number of ether oxygens (including phenoxy) is 1. The maximum Gasteiger partial charge on any atom is 0.182 e. The molecule has 0 unspecified atom stereocenters. The van der Waals surface area contributed by atoms with Crippen LogP contribution < -0.4 is 5.43 Å². The molecule has 1 aromatic rings. The van der Waals surface area contributed by atoms with Crippen molar-refractivity contribution in [3.05, 3.63) is 46.6 Å². The lowest BCUT2D eigenvalue weighted by Gasteiger charge is -2.05. The van der Waals surface area contributed by atoms with Crippen LogP contribution in [0.3, 0.4) is 0 Å². The zero-order chi connectivity index (χ0) is 15.2. The number of benzene rings is 2. The van der Waals surface area contributed by atoms with Gasteiger partial charge in [-0.2, -0.15) is 0 Å². The fourth-order valence-electron chi connectivity index (χ4n) is 1.80. The standard InChI is InChI=1S/C12H7NO3.C4H10O/c14-7-1-3-9-11(5-7)16-12-6-8(15)2-4-10(12)13-9;1-3-5-4-2/h1-6,14H;3-4H2,1-2H3. The smallest absolute Gasteiger partial charge is 0.182 e. The van der Waals surface area contributed by atoms with Crippen molar-refractivity contribution in [3.8, 4) is 17.2 Å². The lowest BCUT2D eigenvalue weighted by atomic mass is 10.2. The van der Waals surface area contributed by atoms with E-state index in [2.05, 4.69) is 4.98 Å². The molecule has 0 amide bonds. The maximum absolute atomic E-state index is 11.1. The Morgan fingerprint density at radius 3 is 2.57 bits per heavy atom. The van der Waals surface area contributed by atoms with Gasteiger partial charge in [0.1, 0.15) is 17.0 Å². The maximum atomic E-state index is 11.1. The Bertz CT molecular complexity index is 749. The van der Waals surface area contributed by atoms with Crippen LogP contribution in [0, 0.1) is 0 Å². The molecule has 0 bridgehead atoms. The molecular weight excluding hydrogens is 270 g/mol. The molecule has 5 heteroatoms. The van der Waals surface area contributed by atoms with Gasteiger partial charge in [-0.3, -0.25) is 4.79 Å². The second-order valence-corrected chi connectivity index (χ2v) is 4.28. The normalized spacial score (nSPS) is 10.4. The summed E-state index contributed by atoms with van der Waals surface area (Å²) >= 11 is 0. The molecule has 1 aromatic carbocycles. The van der Waals surface area contributed by atoms with Crippen LogP contribution in [0.25, 0.3) is 22.6 Å². The first-order chi connectivity index (χ1) is 10.1.